The van der Waals surface area contributed by atoms with Gasteiger partial charge in [0.2, 0.25) is 15.9 Å². The number of nitrogens with zero attached hydrogens (tertiary/aromatic N) is 1. The number of benzene rings is 1. The van der Waals surface area contributed by atoms with Crippen molar-refractivity contribution in [3.63, 3.8) is 0 Å². The number of hydrogen-bond acceptors (Lipinski definition) is 4. The van der Waals surface area contributed by atoms with Crippen molar-refractivity contribution in [1.29, 1.82) is 0 Å². The predicted octanol–water partition coefficient (Wildman–Crippen LogP) is 1.39. The van der Waals surface area contributed by atoms with E-state index in [1.54, 1.807) is 12.1 Å². The van der Waals surface area contributed by atoms with Crippen LogP contribution in [-0.2, 0) is 14.8 Å². The maximum Gasteiger partial charge on any atom is 0.241 e. The number of nitrogens with two attached hydrogens (primary N) is 1. The van der Waals surface area contributed by atoms with E-state index < -0.39 is 10.0 Å². The van der Waals surface area contributed by atoms with Gasteiger partial charge in [0.25, 0.3) is 0 Å². The first kappa shape index (κ1) is 16.9. The molecule has 3 N–H and O–H groups in total. The van der Waals surface area contributed by atoms with E-state index in [0.29, 0.717) is 11.6 Å². The first-order chi connectivity index (χ1) is 10.3. The lowest BCUT2D eigenvalue weighted by molar-refractivity contribution is -0.121. The van der Waals surface area contributed by atoms with Crippen molar-refractivity contribution in [1.82, 2.24) is 4.90 Å². The fourth-order valence-electron chi connectivity index (χ4n) is 2.72. The maximum atomic E-state index is 12.3. The van der Waals surface area contributed by atoms with E-state index >= 15 is 0 Å². The highest BCUT2D eigenvalue weighted by Crippen LogP contribution is 2.19. The van der Waals surface area contributed by atoms with Crippen LogP contribution in [0.5, 0.6) is 0 Å². The van der Waals surface area contributed by atoms with Crippen LogP contribution in [0.25, 0.3) is 0 Å². The summed E-state index contributed by atoms with van der Waals surface area (Å²) in [6, 6.07) is 5.66. The Labute approximate surface area is 131 Å². The molecule has 0 bridgehead atoms. The second-order valence-corrected chi connectivity index (χ2v) is 7.54. The van der Waals surface area contributed by atoms with Crippen LogP contribution in [0.4, 0.5) is 5.69 Å². The fourth-order valence-corrected chi connectivity index (χ4v) is 3.23. The number of rotatable bonds is 4. The number of anilines is 1. The van der Waals surface area contributed by atoms with Crippen LogP contribution in [0, 0.1) is 5.92 Å². The van der Waals surface area contributed by atoms with Gasteiger partial charge in [-0.3, -0.25) is 9.69 Å². The van der Waals surface area contributed by atoms with Crippen LogP contribution in [0.15, 0.2) is 29.2 Å². The quantitative estimate of drug-likeness (QED) is 0.875. The van der Waals surface area contributed by atoms with Crippen molar-refractivity contribution >= 4 is 21.6 Å². The number of hydrogen-bond donors (Lipinski definition) is 2. The number of likely N-dealkylation sites (tertiary alicyclic amines) is 1. The molecular formula is C15H23N3O3S. The minimum Gasteiger partial charge on any atom is -0.325 e. The zero-order chi connectivity index (χ0) is 16.3. The Kier molecular flexibility index (Phi) is 5.20. The van der Waals surface area contributed by atoms with Crippen LogP contribution >= 0.6 is 0 Å². The molecule has 0 aromatic heterocycles. The Bertz CT molecular complexity index is 628. The maximum absolute atomic E-state index is 12.3. The van der Waals surface area contributed by atoms with Gasteiger partial charge >= 0.3 is 0 Å². The molecule has 1 aliphatic heterocycles. The molecule has 7 heteroatoms. The summed E-state index contributed by atoms with van der Waals surface area (Å²) in [5.74, 6) is 0.524. The van der Waals surface area contributed by atoms with E-state index in [2.05, 4.69) is 17.1 Å². The van der Waals surface area contributed by atoms with Crippen LogP contribution in [0.3, 0.4) is 0 Å². The van der Waals surface area contributed by atoms with Gasteiger partial charge < -0.3 is 5.32 Å². The van der Waals surface area contributed by atoms with Crippen LogP contribution in [-0.4, -0.2) is 38.4 Å². The third kappa shape index (κ3) is 4.28. The molecule has 0 unspecified atom stereocenters. The average Bonchev–Trinajstić information content (AvgIpc) is 2.46. The molecule has 1 fully saturated rings. The van der Waals surface area contributed by atoms with Crippen molar-refractivity contribution in [2.75, 3.05) is 18.4 Å². The first-order valence-electron chi connectivity index (χ1n) is 7.45. The number of sulfonamides is 1. The molecule has 1 aliphatic rings. The average molecular weight is 325 g/mol. The number of piperidine rings is 1. The summed E-state index contributed by atoms with van der Waals surface area (Å²) in [7, 11) is -3.71. The Hall–Kier alpha value is -1.44. The third-order valence-electron chi connectivity index (χ3n) is 4.07. The van der Waals surface area contributed by atoms with E-state index in [4.69, 9.17) is 5.14 Å². The molecule has 0 spiro atoms. The van der Waals surface area contributed by atoms with Crippen molar-refractivity contribution in [2.45, 2.75) is 37.6 Å². The lowest BCUT2D eigenvalue weighted by Gasteiger charge is -2.34. The summed E-state index contributed by atoms with van der Waals surface area (Å²) in [6.45, 7) is 5.96. The molecule has 1 saturated heterocycles. The SMILES string of the molecule is C[C@H]1CCCN([C@@H](C)C(=O)Nc2ccc(S(N)(=O)=O)cc2)C1. The minimum absolute atomic E-state index is 0.0309. The molecule has 1 aromatic rings. The fraction of sp³-hybridized carbons (Fsp3) is 0.533. The van der Waals surface area contributed by atoms with Gasteiger partial charge in [0.05, 0.1) is 10.9 Å². The van der Waals surface area contributed by atoms with Gasteiger partial charge in [-0.1, -0.05) is 6.92 Å². The Morgan fingerprint density at radius 3 is 2.55 bits per heavy atom. The largest absolute Gasteiger partial charge is 0.325 e. The summed E-state index contributed by atoms with van der Waals surface area (Å²) in [5.41, 5.74) is 0.564. The second kappa shape index (κ2) is 6.76. The Morgan fingerprint density at radius 1 is 1.36 bits per heavy atom. The zero-order valence-electron chi connectivity index (χ0n) is 13.0. The normalized spacial score (nSPS) is 21.3. The molecule has 1 amide bonds. The molecule has 2 atom stereocenters. The van der Waals surface area contributed by atoms with E-state index in [1.165, 1.54) is 18.6 Å². The summed E-state index contributed by atoms with van der Waals surface area (Å²) in [4.78, 5) is 14.5. The van der Waals surface area contributed by atoms with Gasteiger partial charge in [0.1, 0.15) is 0 Å². The van der Waals surface area contributed by atoms with Crippen molar-refractivity contribution in [3.8, 4) is 0 Å². The number of carbonyl (C=O) groups excluding carboxylic acids is 1. The highest BCUT2D eigenvalue weighted by molar-refractivity contribution is 7.89. The van der Waals surface area contributed by atoms with Crippen molar-refractivity contribution in [2.24, 2.45) is 11.1 Å². The molecule has 2 rings (SSSR count). The predicted molar refractivity (Wildman–Crippen MR) is 85.9 cm³/mol. The first-order valence-corrected chi connectivity index (χ1v) is 9.00. The van der Waals surface area contributed by atoms with E-state index in [0.717, 1.165) is 19.5 Å². The Morgan fingerprint density at radius 2 is 2.00 bits per heavy atom. The minimum atomic E-state index is -3.71. The monoisotopic (exact) mass is 325 g/mol. The highest BCUT2D eigenvalue weighted by Gasteiger charge is 2.25. The van der Waals surface area contributed by atoms with Gasteiger partial charge in [0.15, 0.2) is 0 Å². The smallest absolute Gasteiger partial charge is 0.241 e. The summed E-state index contributed by atoms with van der Waals surface area (Å²) < 4.78 is 22.4. The molecule has 1 aromatic carbocycles. The third-order valence-corrected chi connectivity index (χ3v) is 5.00. The Balaban J connectivity index is 1.99. The summed E-state index contributed by atoms with van der Waals surface area (Å²) >= 11 is 0. The summed E-state index contributed by atoms with van der Waals surface area (Å²) in [5, 5.41) is 7.86. The van der Waals surface area contributed by atoms with Crippen LogP contribution < -0.4 is 10.5 Å². The summed E-state index contributed by atoms with van der Waals surface area (Å²) in [6.07, 6.45) is 2.32. The van der Waals surface area contributed by atoms with Crippen molar-refractivity contribution in [3.05, 3.63) is 24.3 Å². The van der Waals surface area contributed by atoms with Gasteiger partial charge in [-0.05, 0) is 56.5 Å². The van der Waals surface area contributed by atoms with Gasteiger partial charge in [-0.25, -0.2) is 13.6 Å². The van der Waals surface area contributed by atoms with E-state index in [1.807, 2.05) is 6.92 Å². The molecule has 22 heavy (non-hydrogen) atoms. The van der Waals surface area contributed by atoms with E-state index in [-0.39, 0.29) is 16.8 Å². The topological polar surface area (TPSA) is 92.5 Å². The molecule has 0 aliphatic carbocycles. The number of carbonyl (C=O) groups is 1. The molecule has 1 heterocycles. The molecular weight excluding hydrogens is 302 g/mol. The molecule has 0 saturated carbocycles. The molecule has 122 valence electrons. The molecule has 6 nitrogen and oxygen atoms in total. The van der Waals surface area contributed by atoms with Gasteiger partial charge in [0, 0.05) is 12.2 Å². The van der Waals surface area contributed by atoms with Crippen molar-refractivity contribution < 1.29 is 13.2 Å². The van der Waals surface area contributed by atoms with Crippen LogP contribution in [0.1, 0.15) is 26.7 Å². The van der Waals surface area contributed by atoms with E-state index in [9.17, 15) is 13.2 Å². The van der Waals surface area contributed by atoms with Gasteiger partial charge in [-0.15, -0.1) is 0 Å². The lowest BCUT2D eigenvalue weighted by atomic mass is 9.99. The standard InChI is InChI=1S/C15H23N3O3S/c1-11-4-3-9-18(10-11)12(2)15(19)17-13-5-7-14(8-6-13)22(16,20)21/h5-8,11-12H,3-4,9-10H2,1-2H3,(H,17,19)(H2,16,20,21)/t11-,12-/m0/s1. The number of nitrogens with one attached hydrogen (secondary N) is 1. The zero-order valence-corrected chi connectivity index (χ0v) is 13.8. The molecule has 0 radical (unpaired) electrons. The number of primary sulfonamides is 1. The van der Waals surface area contributed by atoms with Crippen LogP contribution in [0.2, 0.25) is 0 Å². The number of amides is 1. The second-order valence-electron chi connectivity index (χ2n) is 5.98. The lowest BCUT2D eigenvalue weighted by Crippen LogP contribution is -2.46. The van der Waals surface area contributed by atoms with Gasteiger partial charge in [-0.2, -0.15) is 0 Å². The highest BCUT2D eigenvalue weighted by atomic mass is 32.2.